The molecule has 0 radical (unpaired) electrons. The first-order chi connectivity index (χ1) is 7.83. The van der Waals surface area contributed by atoms with E-state index in [1.807, 2.05) is 0 Å². The third kappa shape index (κ3) is 0.964. The van der Waals surface area contributed by atoms with Crippen molar-refractivity contribution in [1.29, 1.82) is 0 Å². The smallest absolute Gasteiger partial charge is 0.128 e. The Morgan fingerprint density at radius 1 is 1.31 bits per heavy atom. The van der Waals surface area contributed by atoms with Gasteiger partial charge in [-0.25, -0.2) is 0 Å². The van der Waals surface area contributed by atoms with Crippen LogP contribution < -0.4 is 10.1 Å². The number of H-pyrrole nitrogens is 1. The molecule has 0 amide bonds. The van der Waals surface area contributed by atoms with Crippen molar-refractivity contribution in [1.82, 2.24) is 10.3 Å². The Bertz CT molecular complexity index is 585. The maximum Gasteiger partial charge on any atom is 0.128 e. The molecule has 1 atom stereocenters. The number of ether oxygens (including phenoxy) is 1. The van der Waals surface area contributed by atoms with Crippen LogP contribution in [0.3, 0.4) is 0 Å². The Balaban J connectivity index is 2.10. The zero-order valence-corrected chi connectivity index (χ0v) is 9.26. The Morgan fingerprint density at radius 3 is 3.19 bits per heavy atom. The van der Waals surface area contributed by atoms with Crippen molar-refractivity contribution in [3.05, 3.63) is 29.0 Å². The van der Waals surface area contributed by atoms with Crippen molar-refractivity contribution in [2.75, 3.05) is 0 Å². The topological polar surface area (TPSA) is 37.0 Å². The molecule has 0 saturated heterocycles. The van der Waals surface area contributed by atoms with E-state index in [4.69, 9.17) is 4.74 Å². The molecule has 2 N–H and O–H groups in total. The molecule has 2 aliphatic rings. The number of hydrogen-bond donors (Lipinski definition) is 2. The highest BCUT2D eigenvalue weighted by Crippen LogP contribution is 2.40. The van der Waals surface area contributed by atoms with Gasteiger partial charge in [-0.2, -0.15) is 0 Å². The maximum absolute atomic E-state index is 5.94. The van der Waals surface area contributed by atoms with E-state index in [9.17, 15) is 0 Å². The normalized spacial score (nSPS) is 22.2. The third-order valence-corrected chi connectivity index (χ3v) is 3.62. The molecule has 16 heavy (non-hydrogen) atoms. The minimum absolute atomic E-state index is 0.322. The van der Waals surface area contributed by atoms with Gasteiger partial charge in [0, 0.05) is 47.7 Å². The first kappa shape index (κ1) is 8.65. The van der Waals surface area contributed by atoms with Crippen molar-refractivity contribution < 1.29 is 4.74 Å². The number of fused-ring (bicyclic) bond motifs is 2. The van der Waals surface area contributed by atoms with Gasteiger partial charge in [0.1, 0.15) is 11.9 Å². The van der Waals surface area contributed by atoms with E-state index in [0.717, 1.165) is 25.3 Å². The second-order valence-corrected chi connectivity index (χ2v) is 4.82. The Hall–Kier alpha value is -1.48. The lowest BCUT2D eigenvalue weighted by atomic mass is 9.98. The summed E-state index contributed by atoms with van der Waals surface area (Å²) in [5, 5.41) is 4.81. The molecular formula is C13H14N2O. The van der Waals surface area contributed by atoms with Gasteiger partial charge in [0.15, 0.2) is 0 Å². The zero-order valence-electron chi connectivity index (χ0n) is 9.26. The highest BCUT2D eigenvalue weighted by Gasteiger charge is 2.27. The van der Waals surface area contributed by atoms with Gasteiger partial charge in [0.05, 0.1) is 0 Å². The van der Waals surface area contributed by atoms with Crippen LogP contribution in [0.15, 0.2) is 12.3 Å². The summed E-state index contributed by atoms with van der Waals surface area (Å²) in [6.45, 7) is 4.02. The summed E-state index contributed by atoms with van der Waals surface area (Å²) in [7, 11) is 0. The average molecular weight is 214 g/mol. The number of benzene rings is 1. The van der Waals surface area contributed by atoms with E-state index >= 15 is 0 Å². The highest BCUT2D eigenvalue weighted by atomic mass is 16.5. The molecule has 82 valence electrons. The molecule has 0 fully saturated rings. The third-order valence-electron chi connectivity index (χ3n) is 3.62. The second kappa shape index (κ2) is 2.80. The van der Waals surface area contributed by atoms with Gasteiger partial charge in [0.2, 0.25) is 0 Å². The molecule has 3 heteroatoms. The molecule has 3 nitrogen and oxygen atoms in total. The first-order valence-electron chi connectivity index (χ1n) is 5.85. The van der Waals surface area contributed by atoms with E-state index in [2.05, 4.69) is 29.5 Å². The van der Waals surface area contributed by atoms with Crippen LogP contribution in [0.5, 0.6) is 5.75 Å². The van der Waals surface area contributed by atoms with E-state index in [0.29, 0.717) is 6.10 Å². The summed E-state index contributed by atoms with van der Waals surface area (Å²) in [6, 6.07) is 2.26. The number of aromatic nitrogens is 1. The van der Waals surface area contributed by atoms with Crippen LogP contribution in [0, 0.1) is 0 Å². The highest BCUT2D eigenvalue weighted by molar-refractivity contribution is 5.90. The molecular weight excluding hydrogens is 200 g/mol. The maximum atomic E-state index is 5.94. The molecule has 0 bridgehead atoms. The summed E-state index contributed by atoms with van der Waals surface area (Å²) in [5.41, 5.74) is 5.33. The van der Waals surface area contributed by atoms with Gasteiger partial charge < -0.3 is 15.0 Å². The zero-order chi connectivity index (χ0) is 10.7. The van der Waals surface area contributed by atoms with Gasteiger partial charge >= 0.3 is 0 Å². The van der Waals surface area contributed by atoms with Gasteiger partial charge in [-0.15, -0.1) is 0 Å². The van der Waals surface area contributed by atoms with Gasteiger partial charge in [-0.3, -0.25) is 0 Å². The Labute approximate surface area is 93.8 Å². The predicted molar refractivity (Wildman–Crippen MR) is 62.6 cm³/mol. The van der Waals surface area contributed by atoms with Crippen LogP contribution in [0.4, 0.5) is 0 Å². The van der Waals surface area contributed by atoms with Gasteiger partial charge in [-0.05, 0) is 18.6 Å². The molecule has 3 heterocycles. The van der Waals surface area contributed by atoms with Crippen LogP contribution in [-0.2, 0) is 19.5 Å². The molecule has 1 unspecified atom stereocenters. The minimum atomic E-state index is 0.322. The van der Waals surface area contributed by atoms with E-state index < -0.39 is 0 Å². The van der Waals surface area contributed by atoms with E-state index in [1.165, 1.54) is 27.6 Å². The monoisotopic (exact) mass is 214 g/mol. The number of aromatic amines is 1. The quantitative estimate of drug-likeness (QED) is 0.704. The van der Waals surface area contributed by atoms with Gasteiger partial charge in [0.25, 0.3) is 0 Å². The molecule has 2 aliphatic heterocycles. The summed E-state index contributed by atoms with van der Waals surface area (Å²) in [6.07, 6.45) is 3.47. The van der Waals surface area contributed by atoms with Crippen LogP contribution in [0.2, 0.25) is 0 Å². The fourth-order valence-corrected chi connectivity index (χ4v) is 2.98. The van der Waals surface area contributed by atoms with Crippen molar-refractivity contribution in [3.8, 4) is 5.75 Å². The van der Waals surface area contributed by atoms with Crippen LogP contribution >= 0.6 is 0 Å². The number of nitrogens with one attached hydrogen (secondary N) is 2. The second-order valence-electron chi connectivity index (χ2n) is 4.82. The van der Waals surface area contributed by atoms with Crippen LogP contribution in [0.25, 0.3) is 10.9 Å². The van der Waals surface area contributed by atoms with E-state index in [1.54, 1.807) is 0 Å². The lowest BCUT2D eigenvalue weighted by Gasteiger charge is -2.17. The standard InChI is InChI=1S/C13H14N2O/c1-7-2-8-3-11-12-9(5-15-11)4-14-6-10(12)13(8)16-7/h3,5,7,14-15H,2,4,6H2,1H3. The van der Waals surface area contributed by atoms with Crippen molar-refractivity contribution >= 4 is 10.9 Å². The number of hydrogen-bond acceptors (Lipinski definition) is 2. The Morgan fingerprint density at radius 2 is 2.25 bits per heavy atom. The summed E-state index contributed by atoms with van der Waals surface area (Å²) in [4.78, 5) is 3.37. The lowest BCUT2D eigenvalue weighted by molar-refractivity contribution is 0.252. The molecule has 1 aromatic carbocycles. The van der Waals surface area contributed by atoms with Crippen molar-refractivity contribution in [2.45, 2.75) is 32.5 Å². The number of rotatable bonds is 0. The van der Waals surface area contributed by atoms with Crippen molar-refractivity contribution in [2.24, 2.45) is 0 Å². The fourth-order valence-electron chi connectivity index (χ4n) is 2.98. The molecule has 0 saturated carbocycles. The molecule has 4 rings (SSSR count). The van der Waals surface area contributed by atoms with Crippen molar-refractivity contribution in [3.63, 3.8) is 0 Å². The fraction of sp³-hybridized carbons (Fsp3) is 0.385. The lowest BCUT2D eigenvalue weighted by Crippen LogP contribution is -2.18. The minimum Gasteiger partial charge on any atom is -0.490 e. The summed E-state index contributed by atoms with van der Waals surface area (Å²) >= 11 is 0. The summed E-state index contributed by atoms with van der Waals surface area (Å²) in [5.74, 6) is 1.13. The average Bonchev–Trinajstić information content (AvgIpc) is 2.84. The largest absolute Gasteiger partial charge is 0.490 e. The van der Waals surface area contributed by atoms with Crippen LogP contribution in [-0.4, -0.2) is 11.1 Å². The molecule has 1 aromatic heterocycles. The molecule has 2 aromatic rings. The summed E-state index contributed by atoms with van der Waals surface area (Å²) < 4.78 is 5.94. The Kier molecular flexibility index (Phi) is 1.51. The van der Waals surface area contributed by atoms with Crippen LogP contribution in [0.1, 0.15) is 23.6 Å². The molecule has 0 spiro atoms. The first-order valence-corrected chi connectivity index (χ1v) is 5.85. The molecule has 0 aliphatic carbocycles. The SMILES string of the molecule is CC1Cc2cc3[nH]cc4c3c(c2O1)CNC4. The van der Waals surface area contributed by atoms with E-state index in [-0.39, 0.29) is 0 Å². The predicted octanol–water partition coefficient (Wildman–Crippen LogP) is 2.09. The van der Waals surface area contributed by atoms with Gasteiger partial charge in [-0.1, -0.05) is 0 Å².